The molecule has 0 heterocycles. The summed E-state index contributed by atoms with van der Waals surface area (Å²) < 4.78 is 33.8. The highest BCUT2D eigenvalue weighted by Crippen LogP contribution is 1.97. The molecule has 0 radical (unpaired) electrons. The number of carbonyl (C=O) groups is 2. The Morgan fingerprint density at radius 1 is 1.44 bits per heavy atom. The molecule has 0 aliphatic rings. The highest BCUT2D eigenvalue weighted by atomic mass is 32.2. The highest BCUT2D eigenvalue weighted by Gasteiger charge is 2.16. The predicted molar refractivity (Wildman–Crippen MR) is 63.3 cm³/mol. The van der Waals surface area contributed by atoms with Crippen LogP contribution in [0.1, 0.15) is 19.8 Å². The number of hydrogen-bond acceptors (Lipinski definition) is 6. The van der Waals surface area contributed by atoms with Gasteiger partial charge < -0.3 is 15.8 Å². The maximum atomic E-state index is 11.2. The van der Waals surface area contributed by atoms with Crippen molar-refractivity contribution >= 4 is 22.0 Å². The summed E-state index contributed by atoms with van der Waals surface area (Å²) in [5.74, 6) is -1.58. The first-order valence-electron chi connectivity index (χ1n) is 5.40. The van der Waals surface area contributed by atoms with Gasteiger partial charge in [-0.1, -0.05) is 0 Å². The molecule has 0 aromatic carbocycles. The van der Waals surface area contributed by atoms with Crippen LogP contribution in [0.4, 0.5) is 0 Å². The Kier molecular flexibility index (Phi) is 7.48. The van der Waals surface area contributed by atoms with Crippen LogP contribution in [0.5, 0.6) is 0 Å². The predicted octanol–water partition coefficient (Wildman–Crippen LogP) is -1.34. The molecule has 0 fully saturated rings. The first-order valence-corrected chi connectivity index (χ1v) is 7.01. The van der Waals surface area contributed by atoms with E-state index in [1.54, 1.807) is 6.92 Å². The largest absolute Gasteiger partial charge is 0.465 e. The van der Waals surface area contributed by atoms with E-state index in [0.29, 0.717) is 0 Å². The molecule has 0 saturated carbocycles. The third-order valence-corrected chi connectivity index (χ3v) is 2.67. The van der Waals surface area contributed by atoms with Crippen LogP contribution in [0.3, 0.4) is 0 Å². The topological polar surface area (TPSA) is 136 Å². The van der Waals surface area contributed by atoms with Gasteiger partial charge in [0.15, 0.2) is 0 Å². The van der Waals surface area contributed by atoms with Crippen molar-refractivity contribution in [1.82, 2.24) is 5.32 Å². The fraction of sp³-hybridized carbons (Fsp3) is 0.778. The lowest BCUT2D eigenvalue weighted by atomic mass is 10.1. The van der Waals surface area contributed by atoms with E-state index in [4.69, 9.17) is 10.3 Å². The number of nitrogens with two attached hydrogens (primary N) is 1. The van der Waals surface area contributed by atoms with Crippen LogP contribution in [0.2, 0.25) is 0 Å². The average molecular weight is 282 g/mol. The highest BCUT2D eigenvalue weighted by molar-refractivity contribution is 7.85. The van der Waals surface area contributed by atoms with E-state index in [-0.39, 0.29) is 26.0 Å². The molecular weight excluding hydrogens is 264 g/mol. The fourth-order valence-electron chi connectivity index (χ4n) is 1.06. The molecule has 4 N–H and O–H groups in total. The number of carbonyl (C=O) groups excluding carboxylic acids is 2. The van der Waals surface area contributed by atoms with Gasteiger partial charge in [-0.3, -0.25) is 14.1 Å². The van der Waals surface area contributed by atoms with Crippen LogP contribution in [-0.2, 0) is 24.4 Å². The summed E-state index contributed by atoms with van der Waals surface area (Å²) in [7, 11) is -4.09. The average Bonchev–Trinajstić information content (AvgIpc) is 2.24. The smallest absolute Gasteiger partial charge is 0.322 e. The lowest BCUT2D eigenvalue weighted by Crippen LogP contribution is -2.35. The van der Waals surface area contributed by atoms with Crippen molar-refractivity contribution in [3.63, 3.8) is 0 Å². The number of amides is 1. The lowest BCUT2D eigenvalue weighted by molar-refractivity contribution is -0.144. The molecular formula is C9H18N2O6S. The van der Waals surface area contributed by atoms with Crippen molar-refractivity contribution < 1.29 is 27.3 Å². The van der Waals surface area contributed by atoms with Crippen molar-refractivity contribution in [2.75, 3.05) is 18.9 Å². The Bertz CT molecular complexity index is 381. The van der Waals surface area contributed by atoms with Crippen molar-refractivity contribution in [2.24, 2.45) is 5.73 Å². The Labute approximate surface area is 106 Å². The molecule has 0 saturated heterocycles. The summed E-state index contributed by atoms with van der Waals surface area (Å²) in [6, 6.07) is -0.878. The number of ether oxygens (including phenoxy) is 1. The molecule has 0 aromatic rings. The zero-order valence-corrected chi connectivity index (χ0v) is 10.9. The molecule has 18 heavy (non-hydrogen) atoms. The zero-order valence-electron chi connectivity index (χ0n) is 10.1. The van der Waals surface area contributed by atoms with E-state index in [1.807, 2.05) is 0 Å². The van der Waals surface area contributed by atoms with Crippen LogP contribution in [-0.4, -0.2) is 49.8 Å². The van der Waals surface area contributed by atoms with E-state index in [2.05, 4.69) is 10.1 Å². The molecule has 1 amide bonds. The number of nitrogens with one attached hydrogen (secondary N) is 1. The second kappa shape index (κ2) is 8.01. The first-order chi connectivity index (χ1) is 8.26. The van der Waals surface area contributed by atoms with Gasteiger partial charge in [0.25, 0.3) is 10.1 Å². The summed E-state index contributed by atoms with van der Waals surface area (Å²) in [5.41, 5.74) is 5.46. The van der Waals surface area contributed by atoms with Crippen molar-refractivity contribution in [1.29, 1.82) is 0 Å². The van der Waals surface area contributed by atoms with Crippen LogP contribution >= 0.6 is 0 Å². The van der Waals surface area contributed by atoms with Gasteiger partial charge in [-0.15, -0.1) is 0 Å². The van der Waals surface area contributed by atoms with E-state index < -0.39 is 33.8 Å². The van der Waals surface area contributed by atoms with Gasteiger partial charge in [0, 0.05) is 13.0 Å². The summed E-state index contributed by atoms with van der Waals surface area (Å²) in [6.45, 7) is 1.67. The Morgan fingerprint density at radius 3 is 2.56 bits per heavy atom. The summed E-state index contributed by atoms with van der Waals surface area (Å²) in [5, 5.41) is 2.28. The maximum absolute atomic E-state index is 11.2. The van der Waals surface area contributed by atoms with Crippen LogP contribution in [0, 0.1) is 0 Å². The third-order valence-electron chi connectivity index (χ3n) is 1.95. The molecule has 9 heteroatoms. The molecule has 0 rings (SSSR count). The van der Waals surface area contributed by atoms with Crippen molar-refractivity contribution in [3.05, 3.63) is 0 Å². The van der Waals surface area contributed by atoms with E-state index in [9.17, 15) is 18.0 Å². The van der Waals surface area contributed by atoms with E-state index >= 15 is 0 Å². The summed E-state index contributed by atoms with van der Waals surface area (Å²) >= 11 is 0. The number of hydrogen-bond donors (Lipinski definition) is 3. The van der Waals surface area contributed by atoms with Crippen molar-refractivity contribution in [3.8, 4) is 0 Å². The fourth-order valence-corrected chi connectivity index (χ4v) is 1.42. The first kappa shape index (κ1) is 16.8. The molecule has 0 aliphatic heterocycles. The molecule has 0 spiro atoms. The van der Waals surface area contributed by atoms with E-state index in [1.165, 1.54) is 0 Å². The standard InChI is InChI=1S/C9H18N2O6S/c1-2-17-9(13)7(10)3-4-8(12)11-5-6-18(14,15)16/h7H,2-6,10H2,1H3,(H,11,12)(H,14,15,16). The van der Waals surface area contributed by atoms with Gasteiger partial charge in [0.05, 0.1) is 12.4 Å². The summed E-state index contributed by atoms with van der Waals surface area (Å²) in [4.78, 5) is 22.3. The van der Waals surface area contributed by atoms with Gasteiger partial charge in [-0.05, 0) is 13.3 Å². The Morgan fingerprint density at radius 2 is 2.06 bits per heavy atom. The Hall–Kier alpha value is -1.19. The minimum absolute atomic E-state index is 0.0224. The van der Waals surface area contributed by atoms with Gasteiger partial charge >= 0.3 is 5.97 Å². The SMILES string of the molecule is CCOC(=O)C(N)CCC(=O)NCCS(=O)(=O)O. The minimum Gasteiger partial charge on any atom is -0.465 e. The van der Waals surface area contributed by atoms with E-state index in [0.717, 1.165) is 0 Å². The zero-order chi connectivity index (χ0) is 14.2. The van der Waals surface area contributed by atoms with Gasteiger partial charge in [0.2, 0.25) is 5.91 Å². The third kappa shape index (κ3) is 8.90. The molecule has 1 unspecified atom stereocenters. The quantitative estimate of drug-likeness (QED) is 0.370. The minimum atomic E-state index is -4.09. The number of esters is 1. The number of rotatable bonds is 8. The summed E-state index contributed by atoms with van der Waals surface area (Å²) in [6.07, 6.45) is 0.0853. The van der Waals surface area contributed by atoms with Crippen LogP contribution in [0.25, 0.3) is 0 Å². The monoisotopic (exact) mass is 282 g/mol. The van der Waals surface area contributed by atoms with Crippen LogP contribution in [0.15, 0.2) is 0 Å². The van der Waals surface area contributed by atoms with Crippen molar-refractivity contribution in [2.45, 2.75) is 25.8 Å². The second-order valence-corrected chi connectivity index (χ2v) is 5.11. The molecule has 0 aromatic heterocycles. The molecule has 1 atom stereocenters. The molecule has 8 nitrogen and oxygen atoms in total. The van der Waals surface area contributed by atoms with Gasteiger partial charge in [-0.2, -0.15) is 8.42 Å². The van der Waals surface area contributed by atoms with Crippen LogP contribution < -0.4 is 11.1 Å². The molecule has 106 valence electrons. The normalized spacial score (nSPS) is 12.8. The Balaban J connectivity index is 3.80. The second-order valence-electron chi connectivity index (χ2n) is 3.53. The molecule has 0 bridgehead atoms. The maximum Gasteiger partial charge on any atom is 0.322 e. The van der Waals surface area contributed by atoms with Gasteiger partial charge in [0.1, 0.15) is 6.04 Å². The molecule has 0 aliphatic carbocycles. The van der Waals surface area contributed by atoms with Gasteiger partial charge in [-0.25, -0.2) is 0 Å². The lowest BCUT2D eigenvalue weighted by Gasteiger charge is -2.10.